The van der Waals surface area contributed by atoms with Crippen LogP contribution in [0.15, 0.2) is 24.3 Å². The van der Waals surface area contributed by atoms with Crippen LogP contribution < -0.4 is 10.6 Å². The van der Waals surface area contributed by atoms with Crippen molar-refractivity contribution in [2.24, 2.45) is 0 Å². The summed E-state index contributed by atoms with van der Waals surface area (Å²) in [4.78, 5) is 34.2. The number of hydrogen-bond acceptors (Lipinski definition) is 3. The van der Waals surface area contributed by atoms with E-state index in [1.165, 1.54) is 6.92 Å². The van der Waals surface area contributed by atoms with Crippen LogP contribution in [-0.4, -0.2) is 24.1 Å². The molecule has 5 nitrogen and oxygen atoms in total. The second kappa shape index (κ2) is 7.31. The number of rotatable bonds is 6. The van der Waals surface area contributed by atoms with Crippen LogP contribution in [0.4, 0.5) is 5.69 Å². The molecule has 0 saturated carbocycles. The summed E-state index contributed by atoms with van der Waals surface area (Å²) >= 11 is 0. The zero-order chi connectivity index (χ0) is 14.3. The van der Waals surface area contributed by atoms with Gasteiger partial charge in [-0.25, -0.2) is 0 Å². The minimum Gasteiger partial charge on any atom is -0.356 e. The van der Waals surface area contributed by atoms with Gasteiger partial charge in [0.05, 0.1) is 0 Å². The number of carbonyl (C=O) groups is 3. The Morgan fingerprint density at radius 2 is 1.89 bits per heavy atom. The van der Waals surface area contributed by atoms with Gasteiger partial charge in [0.25, 0.3) is 0 Å². The monoisotopic (exact) mass is 262 g/mol. The normalized spacial score (nSPS) is 9.79. The van der Waals surface area contributed by atoms with Gasteiger partial charge in [0.2, 0.25) is 11.8 Å². The Kier molecular flexibility index (Phi) is 5.73. The van der Waals surface area contributed by atoms with E-state index in [2.05, 4.69) is 10.6 Å². The van der Waals surface area contributed by atoms with Gasteiger partial charge in [-0.1, -0.05) is 19.1 Å². The number of Topliss-reactive ketones (excluding diaryl/α,β-unsaturated/α-hetero) is 1. The third-order valence-electron chi connectivity index (χ3n) is 2.45. The number of nitrogens with one attached hydrogen (secondary N) is 2. The van der Waals surface area contributed by atoms with Crippen molar-refractivity contribution in [2.45, 2.75) is 26.7 Å². The van der Waals surface area contributed by atoms with E-state index in [1.807, 2.05) is 6.92 Å². The topological polar surface area (TPSA) is 75.3 Å². The molecule has 0 saturated heterocycles. The van der Waals surface area contributed by atoms with E-state index in [9.17, 15) is 14.4 Å². The van der Waals surface area contributed by atoms with Gasteiger partial charge in [0.1, 0.15) is 6.42 Å². The van der Waals surface area contributed by atoms with Gasteiger partial charge in [-0.15, -0.1) is 0 Å². The van der Waals surface area contributed by atoms with Gasteiger partial charge in [-0.2, -0.15) is 0 Å². The Balaban J connectivity index is 2.55. The summed E-state index contributed by atoms with van der Waals surface area (Å²) in [5.74, 6) is -0.770. The highest BCUT2D eigenvalue weighted by Crippen LogP contribution is 2.11. The highest BCUT2D eigenvalue weighted by atomic mass is 16.2. The first-order valence-corrected chi connectivity index (χ1v) is 6.20. The lowest BCUT2D eigenvalue weighted by molar-refractivity contribution is -0.126. The molecule has 1 aromatic rings. The van der Waals surface area contributed by atoms with Gasteiger partial charge in [-0.05, 0) is 25.5 Å². The van der Waals surface area contributed by atoms with E-state index < -0.39 is 5.91 Å². The Labute approximate surface area is 112 Å². The first-order valence-electron chi connectivity index (χ1n) is 6.20. The Hall–Kier alpha value is -2.17. The highest BCUT2D eigenvalue weighted by Gasteiger charge is 2.09. The van der Waals surface area contributed by atoms with Crippen LogP contribution in [-0.2, 0) is 9.59 Å². The number of carbonyl (C=O) groups excluding carboxylic acids is 3. The predicted molar refractivity (Wildman–Crippen MR) is 73.0 cm³/mol. The van der Waals surface area contributed by atoms with Crippen molar-refractivity contribution in [1.82, 2.24) is 5.32 Å². The van der Waals surface area contributed by atoms with Crippen molar-refractivity contribution in [3.05, 3.63) is 29.8 Å². The van der Waals surface area contributed by atoms with Crippen molar-refractivity contribution in [1.29, 1.82) is 0 Å². The van der Waals surface area contributed by atoms with Crippen LogP contribution in [0.25, 0.3) is 0 Å². The molecule has 0 heterocycles. The van der Waals surface area contributed by atoms with Gasteiger partial charge >= 0.3 is 0 Å². The highest BCUT2D eigenvalue weighted by molar-refractivity contribution is 6.04. The van der Waals surface area contributed by atoms with Gasteiger partial charge < -0.3 is 10.6 Å². The van der Waals surface area contributed by atoms with Crippen molar-refractivity contribution in [2.75, 3.05) is 11.9 Å². The zero-order valence-electron chi connectivity index (χ0n) is 11.2. The number of amides is 2. The molecule has 0 atom stereocenters. The Bertz CT molecular complexity index is 483. The minimum absolute atomic E-state index is 0.0724. The average molecular weight is 262 g/mol. The molecule has 0 aliphatic rings. The largest absolute Gasteiger partial charge is 0.356 e. The van der Waals surface area contributed by atoms with Gasteiger partial charge in [0, 0.05) is 17.8 Å². The number of ketones is 1. The Morgan fingerprint density at radius 3 is 2.53 bits per heavy atom. The fourth-order valence-corrected chi connectivity index (χ4v) is 1.49. The van der Waals surface area contributed by atoms with Crippen molar-refractivity contribution >= 4 is 23.3 Å². The molecule has 1 aromatic carbocycles. The molecule has 0 bridgehead atoms. The molecule has 0 unspecified atom stereocenters. The lowest BCUT2D eigenvalue weighted by Crippen LogP contribution is -2.28. The molecule has 0 spiro atoms. The van der Waals surface area contributed by atoms with E-state index in [0.717, 1.165) is 6.42 Å². The smallest absolute Gasteiger partial charge is 0.233 e. The van der Waals surface area contributed by atoms with E-state index in [0.29, 0.717) is 17.8 Å². The summed E-state index contributed by atoms with van der Waals surface area (Å²) in [6.07, 6.45) is 0.609. The molecular formula is C14H18N2O3. The summed E-state index contributed by atoms with van der Waals surface area (Å²) in [5, 5.41) is 5.22. The van der Waals surface area contributed by atoms with Crippen LogP contribution in [0.2, 0.25) is 0 Å². The molecule has 5 heteroatoms. The number of hydrogen-bond donors (Lipinski definition) is 2. The molecular weight excluding hydrogens is 244 g/mol. The minimum atomic E-state index is -0.394. The second-order valence-electron chi connectivity index (χ2n) is 4.21. The van der Waals surface area contributed by atoms with Gasteiger partial charge in [-0.3, -0.25) is 14.4 Å². The van der Waals surface area contributed by atoms with Crippen LogP contribution in [0.1, 0.15) is 37.0 Å². The summed E-state index contributed by atoms with van der Waals surface area (Å²) < 4.78 is 0. The van der Waals surface area contributed by atoms with Crippen molar-refractivity contribution < 1.29 is 14.4 Å². The first-order chi connectivity index (χ1) is 9.02. The third kappa shape index (κ3) is 5.33. The maximum Gasteiger partial charge on any atom is 0.233 e. The molecule has 2 N–H and O–H groups in total. The van der Waals surface area contributed by atoms with Crippen molar-refractivity contribution in [3.63, 3.8) is 0 Å². The zero-order valence-corrected chi connectivity index (χ0v) is 11.2. The molecule has 0 aromatic heterocycles. The molecule has 102 valence electrons. The SMILES string of the molecule is CCCNC(=O)CC(=O)Nc1cccc(C(C)=O)c1. The van der Waals surface area contributed by atoms with Gasteiger partial charge in [0.15, 0.2) is 5.78 Å². The number of anilines is 1. The Morgan fingerprint density at radius 1 is 1.16 bits per heavy atom. The second-order valence-corrected chi connectivity index (χ2v) is 4.21. The maximum atomic E-state index is 11.6. The summed E-state index contributed by atoms with van der Waals surface area (Å²) in [7, 11) is 0. The lowest BCUT2D eigenvalue weighted by Gasteiger charge is -2.06. The average Bonchev–Trinajstić information content (AvgIpc) is 2.36. The van der Waals surface area contributed by atoms with E-state index >= 15 is 0 Å². The molecule has 0 aliphatic heterocycles. The molecule has 19 heavy (non-hydrogen) atoms. The van der Waals surface area contributed by atoms with E-state index in [-0.39, 0.29) is 18.1 Å². The van der Waals surface area contributed by atoms with Crippen LogP contribution in [0, 0.1) is 0 Å². The van der Waals surface area contributed by atoms with Crippen molar-refractivity contribution in [3.8, 4) is 0 Å². The quantitative estimate of drug-likeness (QED) is 0.605. The molecule has 0 aliphatic carbocycles. The number of benzene rings is 1. The van der Waals surface area contributed by atoms with Crippen LogP contribution >= 0.6 is 0 Å². The third-order valence-corrected chi connectivity index (χ3v) is 2.45. The predicted octanol–water partition coefficient (Wildman–Crippen LogP) is 1.74. The molecule has 0 radical (unpaired) electrons. The fourth-order valence-electron chi connectivity index (χ4n) is 1.49. The lowest BCUT2D eigenvalue weighted by atomic mass is 10.1. The first kappa shape index (κ1) is 14.9. The summed E-state index contributed by atoms with van der Waals surface area (Å²) in [6.45, 7) is 3.96. The van der Waals surface area contributed by atoms with Crippen LogP contribution in [0.3, 0.4) is 0 Å². The van der Waals surface area contributed by atoms with Crippen LogP contribution in [0.5, 0.6) is 0 Å². The maximum absolute atomic E-state index is 11.6. The summed E-state index contributed by atoms with van der Waals surface area (Å²) in [6, 6.07) is 6.62. The fraction of sp³-hybridized carbons (Fsp3) is 0.357. The molecule has 2 amide bonds. The van der Waals surface area contributed by atoms with E-state index in [4.69, 9.17) is 0 Å². The molecule has 0 fully saturated rings. The summed E-state index contributed by atoms with van der Waals surface area (Å²) in [5.41, 5.74) is 1.04. The molecule has 1 rings (SSSR count). The van der Waals surface area contributed by atoms with E-state index in [1.54, 1.807) is 24.3 Å². The standard InChI is InChI=1S/C14H18N2O3/c1-3-7-15-13(18)9-14(19)16-12-6-4-5-11(8-12)10(2)17/h4-6,8H,3,7,9H2,1-2H3,(H,15,18)(H,16,19).